The smallest absolute Gasteiger partial charge is 0.342 e. The third kappa shape index (κ3) is 4.59. The molecule has 0 aliphatic heterocycles. The summed E-state index contributed by atoms with van der Waals surface area (Å²) in [6.45, 7) is 1.85. The molecular weight excluding hydrogens is 268 g/mol. The van der Waals surface area contributed by atoms with E-state index in [1.807, 2.05) is 6.26 Å². The maximum absolute atomic E-state index is 11.4. The molecule has 0 aliphatic carbocycles. The van der Waals surface area contributed by atoms with Gasteiger partial charge in [0.25, 0.3) is 0 Å². The van der Waals surface area contributed by atoms with Gasteiger partial charge in [-0.3, -0.25) is 4.79 Å². The summed E-state index contributed by atoms with van der Waals surface area (Å²) in [4.78, 5) is 30.2. The van der Waals surface area contributed by atoms with Crippen LogP contribution in [0, 0.1) is 0 Å². The van der Waals surface area contributed by atoms with Gasteiger partial charge in [-0.25, -0.2) is 14.8 Å². The van der Waals surface area contributed by atoms with Crippen molar-refractivity contribution in [2.45, 2.75) is 12.1 Å². The first-order chi connectivity index (χ1) is 9.10. The molecule has 3 N–H and O–H groups in total. The maximum Gasteiger partial charge on any atom is 0.342 e. The van der Waals surface area contributed by atoms with Crippen LogP contribution in [0.4, 0.5) is 11.6 Å². The average Bonchev–Trinajstić information content (AvgIpc) is 2.39. The standard InChI is InChI=1S/C11H14N4O3S/c1-3-18-10(17)7(6-16)5-13-9-4-8(12)14-11(15-9)19-2/h4-6H,3H2,1-2H3,(H3,12,13,14,15)/b7-5-. The number of nitrogens with one attached hydrogen (secondary N) is 1. The van der Waals surface area contributed by atoms with Gasteiger partial charge in [0.05, 0.1) is 6.61 Å². The SMILES string of the molecule is CCOC(=O)/C(C=O)=C\Nc1cc(N)nc(SC)n1. The fourth-order valence-corrected chi connectivity index (χ4v) is 1.50. The molecule has 8 heteroatoms. The van der Waals surface area contributed by atoms with Crippen LogP contribution in [0.2, 0.25) is 0 Å². The summed E-state index contributed by atoms with van der Waals surface area (Å²) in [5.41, 5.74) is 5.46. The predicted molar refractivity (Wildman–Crippen MR) is 72.6 cm³/mol. The van der Waals surface area contributed by atoms with E-state index in [2.05, 4.69) is 15.3 Å². The minimum atomic E-state index is -0.697. The van der Waals surface area contributed by atoms with Crippen molar-refractivity contribution in [2.24, 2.45) is 0 Å². The number of nitrogens with zero attached hydrogens (tertiary/aromatic N) is 2. The number of anilines is 2. The summed E-state index contributed by atoms with van der Waals surface area (Å²) < 4.78 is 4.71. The van der Waals surface area contributed by atoms with E-state index in [1.54, 1.807) is 6.92 Å². The Bertz CT molecular complexity index is 505. The number of hydrogen-bond acceptors (Lipinski definition) is 8. The van der Waals surface area contributed by atoms with Crippen molar-refractivity contribution in [1.29, 1.82) is 0 Å². The van der Waals surface area contributed by atoms with E-state index in [4.69, 9.17) is 10.5 Å². The Labute approximate surface area is 114 Å². The van der Waals surface area contributed by atoms with Crippen LogP contribution in [0.25, 0.3) is 0 Å². The highest BCUT2D eigenvalue weighted by Crippen LogP contribution is 2.15. The molecule has 0 atom stereocenters. The van der Waals surface area contributed by atoms with Gasteiger partial charge in [0.15, 0.2) is 11.4 Å². The summed E-state index contributed by atoms with van der Waals surface area (Å²) in [6.07, 6.45) is 3.44. The molecule has 19 heavy (non-hydrogen) atoms. The normalized spacial score (nSPS) is 10.9. The van der Waals surface area contributed by atoms with E-state index >= 15 is 0 Å². The number of esters is 1. The van der Waals surface area contributed by atoms with Crippen molar-refractivity contribution in [2.75, 3.05) is 23.9 Å². The number of carbonyl (C=O) groups excluding carboxylic acids is 2. The molecule has 102 valence electrons. The molecule has 1 heterocycles. The van der Waals surface area contributed by atoms with Gasteiger partial charge in [0.2, 0.25) is 0 Å². The first-order valence-electron chi connectivity index (χ1n) is 5.38. The van der Waals surface area contributed by atoms with E-state index in [-0.39, 0.29) is 12.2 Å². The van der Waals surface area contributed by atoms with E-state index in [1.165, 1.54) is 24.0 Å². The number of aldehydes is 1. The van der Waals surface area contributed by atoms with Crippen LogP contribution in [-0.4, -0.2) is 35.1 Å². The van der Waals surface area contributed by atoms with Gasteiger partial charge in [-0.1, -0.05) is 11.8 Å². The van der Waals surface area contributed by atoms with Crippen molar-refractivity contribution in [3.63, 3.8) is 0 Å². The molecule has 0 aromatic carbocycles. The molecule has 0 unspecified atom stereocenters. The molecule has 0 radical (unpaired) electrons. The van der Waals surface area contributed by atoms with Crippen LogP contribution in [0.15, 0.2) is 23.0 Å². The first kappa shape index (κ1) is 15.0. The lowest BCUT2D eigenvalue weighted by atomic mass is 10.3. The second-order valence-electron chi connectivity index (χ2n) is 3.25. The summed E-state index contributed by atoms with van der Waals surface area (Å²) in [6, 6.07) is 1.49. The van der Waals surface area contributed by atoms with Crippen molar-refractivity contribution >= 4 is 35.7 Å². The van der Waals surface area contributed by atoms with Crippen LogP contribution >= 0.6 is 11.8 Å². The Balaban J connectivity index is 2.86. The molecule has 1 aromatic heterocycles. The molecule has 0 saturated carbocycles. The zero-order valence-corrected chi connectivity index (χ0v) is 11.4. The fourth-order valence-electron chi connectivity index (χ4n) is 1.12. The van der Waals surface area contributed by atoms with E-state index in [0.717, 1.165) is 0 Å². The lowest BCUT2D eigenvalue weighted by Gasteiger charge is -2.05. The van der Waals surface area contributed by atoms with Crippen LogP contribution < -0.4 is 11.1 Å². The quantitative estimate of drug-likeness (QED) is 0.150. The van der Waals surface area contributed by atoms with Crippen LogP contribution in [0.3, 0.4) is 0 Å². The topological polar surface area (TPSA) is 107 Å². The van der Waals surface area contributed by atoms with Crippen LogP contribution in [0.1, 0.15) is 6.92 Å². The van der Waals surface area contributed by atoms with E-state index in [9.17, 15) is 9.59 Å². The molecule has 7 nitrogen and oxygen atoms in total. The number of nitrogen functional groups attached to an aromatic ring is 1. The molecule has 0 amide bonds. The lowest BCUT2D eigenvalue weighted by Crippen LogP contribution is -2.10. The van der Waals surface area contributed by atoms with Gasteiger partial charge >= 0.3 is 5.97 Å². The number of hydrogen-bond donors (Lipinski definition) is 2. The zero-order chi connectivity index (χ0) is 14.3. The molecule has 1 rings (SSSR count). The van der Waals surface area contributed by atoms with Gasteiger partial charge in [-0.05, 0) is 13.2 Å². The highest BCUT2D eigenvalue weighted by Gasteiger charge is 2.09. The van der Waals surface area contributed by atoms with Crippen molar-refractivity contribution in [3.05, 3.63) is 17.8 Å². The van der Waals surface area contributed by atoms with E-state index in [0.29, 0.717) is 23.1 Å². The van der Waals surface area contributed by atoms with Crippen molar-refractivity contribution in [1.82, 2.24) is 9.97 Å². The van der Waals surface area contributed by atoms with Crippen LogP contribution in [0.5, 0.6) is 0 Å². The highest BCUT2D eigenvalue weighted by atomic mass is 32.2. The fraction of sp³-hybridized carbons (Fsp3) is 0.273. The Morgan fingerprint density at radius 3 is 2.89 bits per heavy atom. The number of nitrogens with two attached hydrogens (primary N) is 1. The monoisotopic (exact) mass is 282 g/mol. The molecular formula is C11H14N4O3S. The van der Waals surface area contributed by atoms with Crippen molar-refractivity contribution < 1.29 is 14.3 Å². The minimum Gasteiger partial charge on any atom is -0.462 e. The number of thioether (sulfide) groups is 1. The summed E-state index contributed by atoms with van der Waals surface area (Å²) in [5, 5.41) is 3.20. The van der Waals surface area contributed by atoms with Gasteiger partial charge < -0.3 is 15.8 Å². The van der Waals surface area contributed by atoms with Gasteiger partial charge in [0, 0.05) is 12.3 Å². The Kier molecular flexibility index (Phi) is 5.80. The second kappa shape index (κ2) is 7.37. The Hall–Kier alpha value is -2.09. The maximum atomic E-state index is 11.4. The largest absolute Gasteiger partial charge is 0.462 e. The summed E-state index contributed by atoms with van der Waals surface area (Å²) in [5.74, 6) is -0.0170. The molecule has 1 aromatic rings. The molecule has 0 bridgehead atoms. The summed E-state index contributed by atoms with van der Waals surface area (Å²) >= 11 is 1.33. The highest BCUT2D eigenvalue weighted by molar-refractivity contribution is 7.98. The zero-order valence-electron chi connectivity index (χ0n) is 10.5. The molecule has 0 fully saturated rings. The van der Waals surface area contributed by atoms with Gasteiger partial charge in [0.1, 0.15) is 17.2 Å². The third-order valence-corrected chi connectivity index (χ3v) is 2.47. The van der Waals surface area contributed by atoms with Gasteiger partial charge in [-0.2, -0.15) is 0 Å². The number of ether oxygens (including phenoxy) is 1. The molecule has 0 saturated heterocycles. The number of aromatic nitrogens is 2. The molecule has 0 spiro atoms. The van der Waals surface area contributed by atoms with E-state index < -0.39 is 5.97 Å². The number of carbonyl (C=O) groups is 2. The minimum absolute atomic E-state index is 0.135. The Morgan fingerprint density at radius 2 is 2.32 bits per heavy atom. The predicted octanol–water partition coefficient (Wildman–Crippen LogP) is 0.839. The summed E-state index contributed by atoms with van der Waals surface area (Å²) in [7, 11) is 0. The average molecular weight is 282 g/mol. The Morgan fingerprint density at radius 1 is 1.58 bits per heavy atom. The number of rotatable bonds is 6. The van der Waals surface area contributed by atoms with Gasteiger partial charge in [-0.15, -0.1) is 0 Å². The third-order valence-electron chi connectivity index (χ3n) is 1.92. The second-order valence-corrected chi connectivity index (χ2v) is 4.02. The van der Waals surface area contributed by atoms with Crippen LogP contribution in [-0.2, 0) is 14.3 Å². The van der Waals surface area contributed by atoms with Crippen molar-refractivity contribution in [3.8, 4) is 0 Å². The molecule has 0 aliphatic rings. The lowest BCUT2D eigenvalue weighted by molar-refractivity contribution is -0.139. The first-order valence-corrected chi connectivity index (χ1v) is 6.60.